The molecule has 0 bridgehead atoms. The number of hydrogen-bond acceptors (Lipinski definition) is 5. The Bertz CT molecular complexity index is 735. The van der Waals surface area contributed by atoms with E-state index in [4.69, 9.17) is 19.3 Å². The molecule has 2 aromatic rings. The van der Waals surface area contributed by atoms with Crippen molar-refractivity contribution in [1.82, 2.24) is 9.78 Å². The first-order valence-corrected chi connectivity index (χ1v) is 7.78. The highest BCUT2D eigenvalue weighted by atomic mass is 16.5. The molecular weight excluding hydrogens is 312 g/mol. The normalized spacial score (nSPS) is 17.5. The second-order valence-corrected chi connectivity index (χ2v) is 5.67. The lowest BCUT2D eigenvalue weighted by atomic mass is 10.1. The molecule has 7 heteroatoms. The molecule has 1 atom stereocenters. The van der Waals surface area contributed by atoms with E-state index in [0.29, 0.717) is 23.8 Å². The highest BCUT2D eigenvalue weighted by molar-refractivity contribution is 5.87. The number of aryl methyl sites for hydroxylation is 1. The third-order valence-corrected chi connectivity index (χ3v) is 3.97. The predicted molar refractivity (Wildman–Crippen MR) is 86.6 cm³/mol. The number of rotatable bonds is 5. The number of aromatic carboxylic acids is 1. The van der Waals surface area contributed by atoms with Crippen LogP contribution in [0.4, 0.5) is 0 Å². The molecular formula is C17H20N2O5. The minimum absolute atomic E-state index is 0.00569. The Kier molecular flexibility index (Phi) is 4.71. The van der Waals surface area contributed by atoms with Crippen molar-refractivity contribution in [3.05, 3.63) is 30.0 Å². The van der Waals surface area contributed by atoms with E-state index in [1.54, 1.807) is 14.2 Å². The van der Waals surface area contributed by atoms with Crippen molar-refractivity contribution in [2.24, 2.45) is 7.05 Å². The highest BCUT2D eigenvalue weighted by Gasteiger charge is 2.19. The second kappa shape index (κ2) is 6.92. The molecule has 7 nitrogen and oxygen atoms in total. The third kappa shape index (κ3) is 3.35. The summed E-state index contributed by atoms with van der Waals surface area (Å²) in [5.41, 5.74) is 1.51. The first-order chi connectivity index (χ1) is 11.6. The summed E-state index contributed by atoms with van der Waals surface area (Å²) < 4.78 is 18.4. The molecule has 3 rings (SSSR count). The zero-order valence-corrected chi connectivity index (χ0v) is 13.7. The molecule has 1 fully saturated rings. The van der Waals surface area contributed by atoms with E-state index in [1.807, 2.05) is 18.2 Å². The van der Waals surface area contributed by atoms with Crippen LogP contribution in [0.3, 0.4) is 0 Å². The van der Waals surface area contributed by atoms with Crippen molar-refractivity contribution in [2.75, 3.05) is 20.3 Å². The molecule has 1 aliphatic rings. The molecule has 0 amide bonds. The topological polar surface area (TPSA) is 82.8 Å². The lowest BCUT2D eigenvalue weighted by Gasteiger charge is -2.24. The van der Waals surface area contributed by atoms with Crippen molar-refractivity contribution in [2.45, 2.75) is 18.9 Å². The Labute approximate surface area is 139 Å². The first kappa shape index (κ1) is 16.3. The first-order valence-electron chi connectivity index (χ1n) is 7.78. The van der Waals surface area contributed by atoms with E-state index in [9.17, 15) is 4.79 Å². The monoisotopic (exact) mass is 332 g/mol. The average Bonchev–Trinajstić information content (AvgIpc) is 2.98. The van der Waals surface area contributed by atoms with Crippen LogP contribution in [0.1, 0.15) is 23.3 Å². The number of carboxylic acid groups (broad SMARTS) is 1. The zero-order valence-electron chi connectivity index (χ0n) is 13.7. The lowest BCUT2D eigenvalue weighted by molar-refractivity contribution is 0.00645. The van der Waals surface area contributed by atoms with Gasteiger partial charge in [-0.25, -0.2) is 4.79 Å². The van der Waals surface area contributed by atoms with Gasteiger partial charge in [-0.05, 0) is 37.1 Å². The summed E-state index contributed by atoms with van der Waals surface area (Å²) in [5.74, 6) is 0.189. The summed E-state index contributed by atoms with van der Waals surface area (Å²) in [7, 11) is 3.29. The fraction of sp³-hybridized carbons (Fsp3) is 0.412. The van der Waals surface area contributed by atoms with Crippen LogP contribution in [0.25, 0.3) is 11.3 Å². The quantitative estimate of drug-likeness (QED) is 0.905. The molecule has 1 saturated heterocycles. The Morgan fingerprint density at radius 3 is 2.83 bits per heavy atom. The number of aromatic nitrogens is 2. The fourth-order valence-electron chi connectivity index (χ4n) is 2.75. The molecule has 1 aliphatic heterocycles. The van der Waals surface area contributed by atoms with Crippen molar-refractivity contribution in [1.29, 1.82) is 0 Å². The summed E-state index contributed by atoms with van der Waals surface area (Å²) in [6.07, 6.45) is 1.96. The smallest absolute Gasteiger partial charge is 0.356 e. The summed E-state index contributed by atoms with van der Waals surface area (Å²) in [4.78, 5) is 11.1. The number of ether oxygens (including phenoxy) is 3. The number of benzene rings is 1. The lowest BCUT2D eigenvalue weighted by Crippen LogP contribution is -2.28. The Morgan fingerprint density at radius 2 is 2.21 bits per heavy atom. The van der Waals surface area contributed by atoms with Gasteiger partial charge in [-0.15, -0.1) is 0 Å². The van der Waals surface area contributed by atoms with Crippen LogP contribution >= 0.6 is 0 Å². The van der Waals surface area contributed by atoms with Gasteiger partial charge in [0.25, 0.3) is 0 Å². The predicted octanol–water partition coefficient (Wildman–Crippen LogP) is 2.35. The van der Waals surface area contributed by atoms with E-state index in [-0.39, 0.29) is 11.8 Å². The van der Waals surface area contributed by atoms with Crippen LogP contribution in [0, 0.1) is 0 Å². The third-order valence-electron chi connectivity index (χ3n) is 3.97. The van der Waals surface area contributed by atoms with Crippen molar-refractivity contribution < 1.29 is 24.1 Å². The van der Waals surface area contributed by atoms with Crippen LogP contribution in [-0.2, 0) is 11.8 Å². The molecule has 128 valence electrons. The molecule has 1 unspecified atom stereocenters. The van der Waals surface area contributed by atoms with Crippen LogP contribution in [0.2, 0.25) is 0 Å². The zero-order chi connectivity index (χ0) is 17.1. The van der Waals surface area contributed by atoms with Crippen LogP contribution in [0.5, 0.6) is 11.5 Å². The molecule has 0 radical (unpaired) electrons. The Balaban J connectivity index is 1.87. The largest absolute Gasteiger partial charge is 0.493 e. The summed E-state index contributed by atoms with van der Waals surface area (Å²) in [5, 5.41) is 13.1. The van der Waals surface area contributed by atoms with Crippen LogP contribution in [0.15, 0.2) is 24.3 Å². The highest BCUT2D eigenvalue weighted by Crippen LogP contribution is 2.34. The van der Waals surface area contributed by atoms with E-state index < -0.39 is 5.97 Å². The van der Waals surface area contributed by atoms with Gasteiger partial charge in [0.1, 0.15) is 6.10 Å². The van der Waals surface area contributed by atoms with E-state index in [0.717, 1.165) is 25.0 Å². The van der Waals surface area contributed by atoms with Crippen molar-refractivity contribution in [3.63, 3.8) is 0 Å². The molecule has 2 heterocycles. The number of carbonyl (C=O) groups is 1. The van der Waals surface area contributed by atoms with Crippen LogP contribution < -0.4 is 9.47 Å². The maximum atomic E-state index is 11.1. The van der Waals surface area contributed by atoms with Gasteiger partial charge >= 0.3 is 5.97 Å². The van der Waals surface area contributed by atoms with Gasteiger partial charge in [0.2, 0.25) is 0 Å². The summed E-state index contributed by atoms with van der Waals surface area (Å²) in [6, 6.07) is 7.05. The van der Waals surface area contributed by atoms with Crippen molar-refractivity contribution >= 4 is 5.97 Å². The number of nitrogens with zero attached hydrogens (tertiary/aromatic N) is 2. The van der Waals surface area contributed by atoms with Crippen LogP contribution in [-0.4, -0.2) is 47.3 Å². The molecule has 1 aromatic carbocycles. The fourth-order valence-corrected chi connectivity index (χ4v) is 2.75. The van der Waals surface area contributed by atoms with Gasteiger partial charge in [-0.1, -0.05) is 0 Å². The average molecular weight is 332 g/mol. The van der Waals surface area contributed by atoms with Gasteiger partial charge < -0.3 is 19.3 Å². The molecule has 1 N–H and O–H groups in total. The maximum absolute atomic E-state index is 11.1. The molecule has 1 aromatic heterocycles. The molecule has 24 heavy (non-hydrogen) atoms. The number of hydrogen-bond donors (Lipinski definition) is 1. The van der Waals surface area contributed by atoms with Crippen molar-refractivity contribution in [3.8, 4) is 22.8 Å². The van der Waals surface area contributed by atoms with Gasteiger partial charge in [0.15, 0.2) is 17.2 Å². The van der Waals surface area contributed by atoms with E-state index in [1.165, 1.54) is 10.7 Å². The van der Waals surface area contributed by atoms with Gasteiger partial charge in [0, 0.05) is 19.2 Å². The van der Waals surface area contributed by atoms with Gasteiger partial charge in [0.05, 0.1) is 19.4 Å². The molecule has 0 aliphatic carbocycles. The van der Waals surface area contributed by atoms with E-state index in [2.05, 4.69) is 5.10 Å². The molecule has 0 spiro atoms. The Hall–Kier alpha value is -2.54. The number of carboxylic acids is 1. The summed E-state index contributed by atoms with van der Waals surface area (Å²) in [6.45, 7) is 1.36. The minimum Gasteiger partial charge on any atom is -0.493 e. The molecule has 0 saturated carbocycles. The van der Waals surface area contributed by atoms with Gasteiger partial charge in [-0.3, -0.25) is 4.68 Å². The Morgan fingerprint density at radius 1 is 1.38 bits per heavy atom. The number of methoxy groups -OCH3 is 1. The second-order valence-electron chi connectivity index (χ2n) is 5.67. The minimum atomic E-state index is -1.05. The van der Waals surface area contributed by atoms with E-state index >= 15 is 0 Å². The standard InChI is InChI=1S/C17H20N2O5/c1-19-14(9-13(18-19)17(20)21)11-5-6-15(16(8-11)22-2)24-12-4-3-7-23-10-12/h5-6,8-9,12H,3-4,7,10H2,1-2H3,(H,20,21). The SMILES string of the molecule is COc1cc(-c2cc(C(=O)O)nn2C)ccc1OC1CCCOC1. The van der Waals surface area contributed by atoms with Gasteiger partial charge in [-0.2, -0.15) is 5.10 Å². The maximum Gasteiger partial charge on any atom is 0.356 e. The summed E-state index contributed by atoms with van der Waals surface area (Å²) >= 11 is 0.